The second-order valence-electron chi connectivity index (χ2n) is 10.8. The predicted molar refractivity (Wildman–Crippen MR) is 160 cm³/mol. The van der Waals surface area contributed by atoms with Gasteiger partial charge in [-0.3, -0.25) is 14.4 Å². The maximum atomic E-state index is 14.5. The molecule has 1 fully saturated rings. The second-order valence-corrected chi connectivity index (χ2v) is 11.2. The van der Waals surface area contributed by atoms with Crippen LogP contribution in [0.2, 0.25) is 5.02 Å². The smallest absolute Gasteiger partial charge is 0.244 e. The monoisotopic (exact) mass is 575 g/mol. The van der Waals surface area contributed by atoms with Crippen molar-refractivity contribution in [2.24, 2.45) is 16.9 Å². The fraction of sp³-hybridized carbons (Fsp3) is 0.176. The van der Waals surface area contributed by atoms with Crippen LogP contribution >= 0.6 is 11.6 Å². The number of nitrogens with zero attached hydrogens (tertiary/aromatic N) is 2. The van der Waals surface area contributed by atoms with Crippen LogP contribution in [0, 0.1) is 11.8 Å². The van der Waals surface area contributed by atoms with E-state index in [1.54, 1.807) is 54.7 Å². The number of imide groups is 1. The van der Waals surface area contributed by atoms with Crippen molar-refractivity contribution in [3.63, 3.8) is 0 Å². The third-order valence-corrected chi connectivity index (χ3v) is 9.00. The van der Waals surface area contributed by atoms with Crippen LogP contribution in [-0.2, 0) is 26.2 Å². The highest BCUT2D eigenvalue weighted by atomic mass is 35.5. The highest BCUT2D eigenvalue weighted by Crippen LogP contribution is 2.63. The van der Waals surface area contributed by atoms with Gasteiger partial charge in [0.1, 0.15) is 5.75 Å². The van der Waals surface area contributed by atoms with E-state index in [4.69, 9.17) is 16.3 Å². The molecule has 0 aromatic heterocycles. The molecule has 0 unspecified atom stereocenters. The molecular weight excluding hydrogens is 550 g/mol. The van der Waals surface area contributed by atoms with Crippen LogP contribution in [0.25, 0.3) is 0 Å². The molecule has 2 atom stereocenters. The number of halogens is 1. The van der Waals surface area contributed by atoms with Crippen molar-refractivity contribution in [3.05, 3.63) is 130 Å². The Kier molecular flexibility index (Phi) is 6.21. The van der Waals surface area contributed by atoms with Gasteiger partial charge in [0.25, 0.3) is 0 Å². The van der Waals surface area contributed by atoms with Gasteiger partial charge in [-0.1, -0.05) is 84.4 Å². The van der Waals surface area contributed by atoms with Crippen LogP contribution in [0.4, 0.5) is 5.69 Å². The lowest BCUT2D eigenvalue weighted by atomic mass is 9.47. The number of anilines is 1. The minimum absolute atomic E-state index is 0.113. The molecule has 3 aliphatic carbocycles. The Morgan fingerprint density at radius 3 is 2.19 bits per heavy atom. The zero-order valence-corrected chi connectivity index (χ0v) is 23.4. The van der Waals surface area contributed by atoms with Gasteiger partial charge in [0.05, 0.1) is 36.5 Å². The Hall–Kier alpha value is -4.75. The number of carbonyl (C=O) groups is 3. The number of para-hydroxylation sites is 2. The molecule has 8 heteroatoms. The van der Waals surface area contributed by atoms with Crippen LogP contribution < -0.4 is 15.1 Å². The lowest BCUT2D eigenvalue weighted by molar-refractivity contribution is -0.123. The Morgan fingerprint density at radius 2 is 1.52 bits per heavy atom. The Balaban J connectivity index is 1.35. The van der Waals surface area contributed by atoms with Crippen molar-refractivity contribution in [2.45, 2.75) is 17.8 Å². The first kappa shape index (κ1) is 26.2. The van der Waals surface area contributed by atoms with E-state index in [0.29, 0.717) is 16.5 Å². The molecule has 1 saturated heterocycles. The molecule has 42 heavy (non-hydrogen) atoms. The molecular formula is C34H26ClN3O4. The molecule has 1 heterocycles. The summed E-state index contributed by atoms with van der Waals surface area (Å²) in [7, 11) is 1.52. The van der Waals surface area contributed by atoms with Gasteiger partial charge in [0.2, 0.25) is 17.7 Å². The Bertz CT molecular complexity index is 1740. The maximum absolute atomic E-state index is 14.5. The summed E-state index contributed by atoms with van der Waals surface area (Å²) < 4.78 is 5.55. The van der Waals surface area contributed by atoms with Crippen molar-refractivity contribution in [2.75, 3.05) is 12.0 Å². The summed E-state index contributed by atoms with van der Waals surface area (Å²) in [5.74, 6) is -2.16. The molecule has 3 amide bonds. The number of hydrogen-bond donors (Lipinski definition) is 1. The molecule has 208 valence electrons. The lowest BCUT2D eigenvalue weighted by Gasteiger charge is -2.52. The van der Waals surface area contributed by atoms with Gasteiger partial charge in [0.15, 0.2) is 0 Å². The van der Waals surface area contributed by atoms with Gasteiger partial charge in [-0.15, -0.1) is 0 Å². The fourth-order valence-electron chi connectivity index (χ4n) is 7.13. The van der Waals surface area contributed by atoms with E-state index in [1.165, 1.54) is 12.0 Å². The summed E-state index contributed by atoms with van der Waals surface area (Å²) >= 11 is 5.98. The maximum Gasteiger partial charge on any atom is 0.244 e. The van der Waals surface area contributed by atoms with Crippen LogP contribution in [0.5, 0.6) is 5.75 Å². The molecule has 0 spiro atoms. The number of ether oxygens (including phenoxy) is 1. The zero-order chi connectivity index (χ0) is 29.0. The number of nitrogens with one attached hydrogen (secondary N) is 1. The zero-order valence-electron chi connectivity index (χ0n) is 22.7. The molecule has 2 bridgehead atoms. The van der Waals surface area contributed by atoms with E-state index < -0.39 is 17.3 Å². The van der Waals surface area contributed by atoms with E-state index >= 15 is 0 Å². The predicted octanol–water partition coefficient (Wildman–Crippen LogP) is 5.24. The molecule has 7 nitrogen and oxygen atoms in total. The molecule has 0 saturated carbocycles. The minimum Gasteiger partial charge on any atom is -0.495 e. The summed E-state index contributed by atoms with van der Waals surface area (Å²) in [5, 5.41) is 5.06. The molecule has 8 rings (SSSR count). The first-order valence-electron chi connectivity index (χ1n) is 13.7. The van der Waals surface area contributed by atoms with Crippen molar-refractivity contribution < 1.29 is 19.1 Å². The Labute approximate surface area is 247 Å². The molecule has 0 radical (unpaired) electrons. The first-order chi connectivity index (χ1) is 20.5. The highest BCUT2D eigenvalue weighted by molar-refractivity contribution is 6.30. The number of methoxy groups -OCH3 is 1. The van der Waals surface area contributed by atoms with E-state index in [9.17, 15) is 14.4 Å². The van der Waals surface area contributed by atoms with Crippen LogP contribution in [0.3, 0.4) is 0 Å². The summed E-state index contributed by atoms with van der Waals surface area (Å²) in [5.41, 5.74) is 6.59. The highest BCUT2D eigenvalue weighted by Gasteiger charge is 2.68. The van der Waals surface area contributed by atoms with Crippen molar-refractivity contribution in [1.29, 1.82) is 0 Å². The van der Waals surface area contributed by atoms with Crippen molar-refractivity contribution in [1.82, 2.24) is 5.43 Å². The molecule has 4 aromatic rings. The molecule has 1 N–H and O–H groups in total. The van der Waals surface area contributed by atoms with Gasteiger partial charge in [-0.25, -0.2) is 10.3 Å². The minimum atomic E-state index is -1.08. The number of rotatable bonds is 6. The number of amides is 3. The molecule has 4 aliphatic rings. The molecule has 1 aliphatic heterocycles. The second kappa shape index (κ2) is 9.96. The fourth-order valence-corrected chi connectivity index (χ4v) is 7.26. The number of hydrogen-bond acceptors (Lipinski definition) is 5. The quantitative estimate of drug-likeness (QED) is 0.193. The summed E-state index contributed by atoms with van der Waals surface area (Å²) in [4.78, 5) is 43.0. The van der Waals surface area contributed by atoms with Crippen LogP contribution in [-0.4, -0.2) is 31.0 Å². The van der Waals surface area contributed by atoms with Gasteiger partial charge < -0.3 is 4.74 Å². The van der Waals surface area contributed by atoms with E-state index in [-0.39, 0.29) is 30.1 Å². The first-order valence-corrected chi connectivity index (χ1v) is 14.1. The number of carbonyl (C=O) groups excluding carboxylic acids is 3. The van der Waals surface area contributed by atoms with E-state index in [0.717, 1.165) is 27.8 Å². The third kappa shape index (κ3) is 3.73. The average Bonchev–Trinajstić information content (AvgIpc) is 3.28. The normalized spacial score (nSPS) is 23.5. The van der Waals surface area contributed by atoms with Gasteiger partial charge in [0, 0.05) is 17.2 Å². The number of benzene rings is 4. The van der Waals surface area contributed by atoms with Gasteiger partial charge in [-0.2, -0.15) is 5.10 Å². The largest absolute Gasteiger partial charge is 0.495 e. The lowest BCUT2D eigenvalue weighted by Crippen LogP contribution is -2.54. The van der Waals surface area contributed by atoms with Crippen molar-refractivity contribution in [3.8, 4) is 5.75 Å². The summed E-state index contributed by atoms with van der Waals surface area (Å²) in [6.45, 7) is 0. The van der Waals surface area contributed by atoms with E-state index in [1.807, 2.05) is 48.5 Å². The van der Waals surface area contributed by atoms with Crippen LogP contribution in [0.15, 0.2) is 102 Å². The van der Waals surface area contributed by atoms with Gasteiger partial charge >= 0.3 is 0 Å². The van der Waals surface area contributed by atoms with Crippen molar-refractivity contribution >= 4 is 41.2 Å². The average molecular weight is 576 g/mol. The molecule has 4 aromatic carbocycles. The third-order valence-electron chi connectivity index (χ3n) is 8.75. The Morgan fingerprint density at radius 1 is 0.905 bits per heavy atom. The van der Waals surface area contributed by atoms with Crippen LogP contribution in [0.1, 0.15) is 33.7 Å². The topological polar surface area (TPSA) is 88.1 Å². The van der Waals surface area contributed by atoms with Gasteiger partial charge in [-0.05, 0) is 52.1 Å². The number of hydrazone groups is 1. The summed E-state index contributed by atoms with van der Waals surface area (Å²) in [6.07, 6.45) is 1.77. The standard InChI is InChI=1S/C34H26ClN3O4/c1-42-27-13-7-6-12-26(27)38-32(40)30-29-22-8-2-4-10-24(22)34(31(30)33(38)41,25-11-5-3-9-23(25)29)19-36-37-28(39)18-20-14-16-21(35)17-15-20/h2-17,19,29-31H,18H2,1H3,(H,37,39)/b36-19-/t29?,30-,31+,34?/m0/s1. The summed E-state index contributed by atoms with van der Waals surface area (Å²) in [6, 6.07) is 29.9. The van der Waals surface area contributed by atoms with E-state index in [2.05, 4.69) is 10.5 Å². The SMILES string of the molecule is COc1ccccc1N1C(=O)[C@H]2C3c4ccccc4C(/C=N\NC(=O)Cc4ccc(Cl)cc4)(c4ccccc43)[C@H]2C1=O.